The molecule has 6 heteroatoms. The molecule has 1 rings (SSSR count). The van der Waals surface area contributed by atoms with Crippen molar-refractivity contribution < 1.29 is 9.59 Å². The zero-order valence-corrected chi connectivity index (χ0v) is 8.99. The zero-order chi connectivity index (χ0) is 12.0. The number of aromatic nitrogens is 1. The van der Waals surface area contributed by atoms with Crippen LogP contribution in [0.15, 0.2) is 18.3 Å². The van der Waals surface area contributed by atoms with Crippen LogP contribution in [0.5, 0.6) is 0 Å². The predicted octanol–water partition coefficient (Wildman–Crippen LogP) is -0.597. The number of hydrogen-bond donors (Lipinski definition) is 3. The fourth-order valence-corrected chi connectivity index (χ4v) is 1.06. The molecular weight excluding hydrogens is 208 g/mol. The van der Waals surface area contributed by atoms with Gasteiger partial charge in [0.15, 0.2) is 0 Å². The molecule has 0 saturated carbocycles. The van der Waals surface area contributed by atoms with E-state index in [0.29, 0.717) is 17.9 Å². The van der Waals surface area contributed by atoms with E-state index in [-0.39, 0.29) is 6.54 Å². The molecule has 86 valence electrons. The van der Waals surface area contributed by atoms with Crippen molar-refractivity contribution in [1.82, 2.24) is 10.3 Å². The van der Waals surface area contributed by atoms with E-state index in [0.717, 1.165) is 0 Å². The standard InChI is InChI=1S/C10H14N4O2/c1-7-8(3-2-5-12-7)14-10(16)9(15)13-6-4-11/h2-3,5H,4,6,11H2,1H3,(H,13,15)(H,14,16). The second-order valence-electron chi connectivity index (χ2n) is 3.14. The third kappa shape index (κ3) is 3.32. The van der Waals surface area contributed by atoms with Gasteiger partial charge in [0.2, 0.25) is 0 Å². The number of carbonyl (C=O) groups is 2. The molecule has 16 heavy (non-hydrogen) atoms. The highest BCUT2D eigenvalue weighted by atomic mass is 16.2. The van der Waals surface area contributed by atoms with Crippen molar-refractivity contribution in [3.8, 4) is 0 Å². The van der Waals surface area contributed by atoms with E-state index < -0.39 is 11.8 Å². The number of hydrogen-bond acceptors (Lipinski definition) is 4. The number of carbonyl (C=O) groups excluding carboxylic acids is 2. The molecule has 0 radical (unpaired) electrons. The van der Waals surface area contributed by atoms with Crippen molar-refractivity contribution in [3.63, 3.8) is 0 Å². The number of aryl methyl sites for hydroxylation is 1. The Bertz CT molecular complexity index is 392. The quantitative estimate of drug-likeness (QED) is 0.595. The Morgan fingerprint density at radius 3 is 2.81 bits per heavy atom. The Labute approximate surface area is 93.2 Å². The smallest absolute Gasteiger partial charge is 0.313 e. The third-order valence-corrected chi connectivity index (χ3v) is 1.89. The van der Waals surface area contributed by atoms with Crippen molar-refractivity contribution in [3.05, 3.63) is 24.0 Å². The maximum Gasteiger partial charge on any atom is 0.313 e. The van der Waals surface area contributed by atoms with Gasteiger partial charge >= 0.3 is 11.8 Å². The van der Waals surface area contributed by atoms with Gasteiger partial charge in [-0.25, -0.2) is 0 Å². The van der Waals surface area contributed by atoms with Gasteiger partial charge in [0.1, 0.15) is 0 Å². The van der Waals surface area contributed by atoms with Crippen molar-refractivity contribution >= 4 is 17.5 Å². The van der Waals surface area contributed by atoms with Crippen LogP contribution in [0.1, 0.15) is 5.69 Å². The van der Waals surface area contributed by atoms with E-state index in [1.54, 1.807) is 25.3 Å². The molecule has 0 aliphatic carbocycles. The molecule has 6 nitrogen and oxygen atoms in total. The lowest BCUT2D eigenvalue weighted by atomic mass is 10.3. The van der Waals surface area contributed by atoms with E-state index >= 15 is 0 Å². The van der Waals surface area contributed by atoms with Gasteiger partial charge in [0.25, 0.3) is 0 Å². The van der Waals surface area contributed by atoms with E-state index in [1.165, 1.54) is 0 Å². The minimum atomic E-state index is -0.718. The van der Waals surface area contributed by atoms with Gasteiger partial charge in [-0.15, -0.1) is 0 Å². The summed E-state index contributed by atoms with van der Waals surface area (Å²) in [7, 11) is 0. The number of pyridine rings is 1. The van der Waals surface area contributed by atoms with E-state index in [9.17, 15) is 9.59 Å². The number of nitrogens with two attached hydrogens (primary N) is 1. The lowest BCUT2D eigenvalue weighted by molar-refractivity contribution is -0.136. The molecule has 1 aromatic rings. The summed E-state index contributed by atoms with van der Waals surface area (Å²) in [5.41, 5.74) is 6.38. The molecule has 0 unspecified atom stereocenters. The van der Waals surface area contributed by atoms with E-state index in [2.05, 4.69) is 15.6 Å². The summed E-state index contributed by atoms with van der Waals surface area (Å²) in [6.45, 7) is 2.32. The van der Waals surface area contributed by atoms with Gasteiger partial charge < -0.3 is 16.4 Å². The summed E-state index contributed by atoms with van der Waals surface area (Å²) < 4.78 is 0. The van der Waals surface area contributed by atoms with Crippen molar-refractivity contribution in [2.24, 2.45) is 5.73 Å². The number of nitrogens with zero attached hydrogens (tertiary/aromatic N) is 1. The minimum absolute atomic E-state index is 0.276. The van der Waals surface area contributed by atoms with Gasteiger partial charge in [-0.1, -0.05) is 0 Å². The van der Waals surface area contributed by atoms with Crippen LogP contribution in [0.4, 0.5) is 5.69 Å². The molecule has 0 fully saturated rings. The average molecular weight is 222 g/mol. The van der Waals surface area contributed by atoms with Crippen LogP contribution in [0.2, 0.25) is 0 Å². The molecule has 2 amide bonds. The van der Waals surface area contributed by atoms with Gasteiger partial charge in [-0.05, 0) is 19.1 Å². The molecule has 0 aliphatic heterocycles. The van der Waals surface area contributed by atoms with Crippen LogP contribution in [0.3, 0.4) is 0 Å². The molecule has 0 aromatic carbocycles. The number of nitrogens with one attached hydrogen (secondary N) is 2. The first-order valence-electron chi connectivity index (χ1n) is 4.86. The summed E-state index contributed by atoms with van der Waals surface area (Å²) in [5, 5.41) is 4.84. The Kier molecular flexibility index (Phi) is 4.41. The Balaban J connectivity index is 2.58. The first kappa shape index (κ1) is 12.1. The van der Waals surface area contributed by atoms with Crippen LogP contribution >= 0.6 is 0 Å². The highest BCUT2D eigenvalue weighted by Crippen LogP contribution is 2.09. The number of rotatable bonds is 3. The first-order chi connectivity index (χ1) is 7.65. The molecule has 4 N–H and O–H groups in total. The molecule has 0 saturated heterocycles. The first-order valence-corrected chi connectivity index (χ1v) is 4.86. The zero-order valence-electron chi connectivity index (χ0n) is 8.99. The van der Waals surface area contributed by atoms with Crippen LogP contribution in [-0.2, 0) is 9.59 Å². The molecular formula is C10H14N4O2. The third-order valence-electron chi connectivity index (χ3n) is 1.89. The minimum Gasteiger partial charge on any atom is -0.347 e. The summed E-state index contributed by atoms with van der Waals surface area (Å²) in [4.78, 5) is 26.6. The van der Waals surface area contributed by atoms with E-state index in [1.807, 2.05) is 0 Å². The summed E-state index contributed by atoms with van der Waals surface area (Å²) in [5.74, 6) is -1.42. The van der Waals surface area contributed by atoms with Crippen LogP contribution in [0, 0.1) is 6.92 Å². The Morgan fingerprint density at radius 1 is 1.44 bits per heavy atom. The molecule has 1 heterocycles. The monoisotopic (exact) mass is 222 g/mol. The second-order valence-corrected chi connectivity index (χ2v) is 3.14. The van der Waals surface area contributed by atoms with Crippen molar-refractivity contribution in [1.29, 1.82) is 0 Å². The summed E-state index contributed by atoms with van der Waals surface area (Å²) in [6.07, 6.45) is 1.61. The molecule has 1 aromatic heterocycles. The fraction of sp³-hybridized carbons (Fsp3) is 0.300. The highest BCUT2D eigenvalue weighted by molar-refractivity contribution is 6.39. The highest BCUT2D eigenvalue weighted by Gasteiger charge is 2.13. The summed E-state index contributed by atoms with van der Waals surface area (Å²) in [6, 6.07) is 3.36. The summed E-state index contributed by atoms with van der Waals surface area (Å²) >= 11 is 0. The van der Waals surface area contributed by atoms with Crippen LogP contribution in [0.25, 0.3) is 0 Å². The Morgan fingerprint density at radius 2 is 2.19 bits per heavy atom. The topological polar surface area (TPSA) is 97.1 Å². The maximum atomic E-state index is 11.4. The van der Waals surface area contributed by atoms with Crippen molar-refractivity contribution in [2.75, 3.05) is 18.4 Å². The molecule has 0 aliphatic rings. The fourth-order valence-electron chi connectivity index (χ4n) is 1.06. The van der Waals surface area contributed by atoms with Gasteiger partial charge in [0.05, 0.1) is 11.4 Å². The molecule has 0 spiro atoms. The lowest BCUT2D eigenvalue weighted by Gasteiger charge is -2.07. The Hall–Kier alpha value is -1.95. The molecule has 0 bridgehead atoms. The normalized spacial score (nSPS) is 9.62. The van der Waals surface area contributed by atoms with E-state index in [4.69, 9.17) is 5.73 Å². The van der Waals surface area contributed by atoms with Gasteiger partial charge in [-0.3, -0.25) is 14.6 Å². The lowest BCUT2D eigenvalue weighted by Crippen LogP contribution is -2.38. The van der Waals surface area contributed by atoms with Crippen LogP contribution in [-0.4, -0.2) is 29.9 Å². The number of amides is 2. The largest absolute Gasteiger partial charge is 0.347 e. The van der Waals surface area contributed by atoms with Crippen LogP contribution < -0.4 is 16.4 Å². The second kappa shape index (κ2) is 5.82. The van der Waals surface area contributed by atoms with Crippen molar-refractivity contribution in [2.45, 2.75) is 6.92 Å². The average Bonchev–Trinajstić information content (AvgIpc) is 2.28. The van der Waals surface area contributed by atoms with Gasteiger partial charge in [-0.2, -0.15) is 0 Å². The van der Waals surface area contributed by atoms with Gasteiger partial charge in [0, 0.05) is 19.3 Å². The number of anilines is 1. The molecule has 0 atom stereocenters. The maximum absolute atomic E-state index is 11.4. The predicted molar refractivity (Wildman–Crippen MR) is 59.7 cm³/mol. The SMILES string of the molecule is Cc1ncccc1NC(=O)C(=O)NCCN.